The molecule has 0 bridgehead atoms. The lowest BCUT2D eigenvalue weighted by atomic mass is 10.1. The predicted molar refractivity (Wildman–Crippen MR) is 103 cm³/mol. The SMILES string of the molecule is NCc1ccccc1-c1nc(CC(=O)Nc2ccccc2C(N)=O)cs1. The minimum absolute atomic E-state index is 0.106. The maximum absolute atomic E-state index is 12.3. The molecule has 0 aliphatic heterocycles. The molecule has 6 nitrogen and oxygen atoms in total. The number of hydrogen-bond acceptors (Lipinski definition) is 5. The number of aromatic nitrogens is 1. The highest BCUT2D eigenvalue weighted by atomic mass is 32.1. The molecule has 1 heterocycles. The van der Waals surface area contributed by atoms with Crippen LogP contribution in [0.2, 0.25) is 0 Å². The van der Waals surface area contributed by atoms with E-state index >= 15 is 0 Å². The maximum Gasteiger partial charge on any atom is 0.250 e. The molecule has 0 unspecified atom stereocenters. The Morgan fingerprint density at radius 3 is 2.58 bits per heavy atom. The fourth-order valence-electron chi connectivity index (χ4n) is 2.58. The van der Waals surface area contributed by atoms with E-state index in [2.05, 4.69) is 10.3 Å². The molecule has 1 aromatic heterocycles. The van der Waals surface area contributed by atoms with Gasteiger partial charge in [-0.1, -0.05) is 36.4 Å². The van der Waals surface area contributed by atoms with Crippen LogP contribution in [-0.2, 0) is 17.8 Å². The van der Waals surface area contributed by atoms with Crippen molar-refractivity contribution in [2.75, 3.05) is 5.32 Å². The minimum atomic E-state index is -0.588. The molecule has 26 heavy (non-hydrogen) atoms. The van der Waals surface area contributed by atoms with E-state index in [-0.39, 0.29) is 17.9 Å². The van der Waals surface area contributed by atoms with Gasteiger partial charge in [0.25, 0.3) is 5.91 Å². The van der Waals surface area contributed by atoms with Crippen LogP contribution in [-0.4, -0.2) is 16.8 Å². The highest BCUT2D eigenvalue weighted by molar-refractivity contribution is 7.13. The van der Waals surface area contributed by atoms with Gasteiger partial charge in [0.15, 0.2) is 0 Å². The van der Waals surface area contributed by atoms with Gasteiger partial charge in [-0.2, -0.15) is 0 Å². The molecular weight excluding hydrogens is 348 g/mol. The molecule has 0 fully saturated rings. The number of hydrogen-bond donors (Lipinski definition) is 3. The molecule has 0 aliphatic carbocycles. The van der Waals surface area contributed by atoms with Crippen LogP contribution in [0.4, 0.5) is 5.69 Å². The summed E-state index contributed by atoms with van der Waals surface area (Å²) in [6.45, 7) is 0.426. The van der Waals surface area contributed by atoms with E-state index in [1.807, 2.05) is 29.6 Å². The zero-order valence-corrected chi connectivity index (χ0v) is 14.8. The fraction of sp³-hybridized carbons (Fsp3) is 0.105. The second-order valence-electron chi connectivity index (χ2n) is 5.64. The van der Waals surface area contributed by atoms with Gasteiger partial charge in [-0.05, 0) is 17.7 Å². The summed E-state index contributed by atoms with van der Waals surface area (Å²) in [4.78, 5) is 28.3. The average Bonchev–Trinajstić information content (AvgIpc) is 3.10. The van der Waals surface area contributed by atoms with E-state index in [1.165, 1.54) is 11.3 Å². The van der Waals surface area contributed by atoms with Crippen molar-refractivity contribution in [3.05, 3.63) is 70.7 Å². The third-order valence-electron chi connectivity index (χ3n) is 3.83. The zero-order valence-electron chi connectivity index (χ0n) is 13.9. The van der Waals surface area contributed by atoms with Crippen molar-refractivity contribution in [3.63, 3.8) is 0 Å². The number of primary amides is 1. The van der Waals surface area contributed by atoms with Crippen molar-refractivity contribution in [2.24, 2.45) is 11.5 Å². The topological polar surface area (TPSA) is 111 Å². The Labute approximate surface area is 154 Å². The number of nitrogens with zero attached hydrogens (tertiary/aromatic N) is 1. The summed E-state index contributed by atoms with van der Waals surface area (Å²) in [6.07, 6.45) is 0.106. The van der Waals surface area contributed by atoms with Crippen LogP contribution in [0, 0.1) is 0 Å². The molecule has 5 N–H and O–H groups in total. The van der Waals surface area contributed by atoms with Gasteiger partial charge < -0.3 is 16.8 Å². The molecule has 0 saturated carbocycles. The van der Waals surface area contributed by atoms with Gasteiger partial charge in [0, 0.05) is 17.5 Å². The molecule has 0 atom stereocenters. The largest absolute Gasteiger partial charge is 0.366 e. The number of nitrogens with two attached hydrogens (primary N) is 2. The highest BCUT2D eigenvalue weighted by Gasteiger charge is 2.13. The van der Waals surface area contributed by atoms with Crippen LogP contribution in [0.5, 0.6) is 0 Å². The number of carbonyl (C=O) groups is 2. The standard InChI is InChI=1S/C19H18N4O2S/c20-10-12-5-1-2-6-14(12)19-22-13(11-26-19)9-17(24)23-16-8-4-3-7-15(16)18(21)25/h1-8,11H,9-10,20H2,(H2,21,25)(H,23,24). The summed E-state index contributed by atoms with van der Waals surface area (Å²) >= 11 is 1.47. The smallest absolute Gasteiger partial charge is 0.250 e. The average molecular weight is 366 g/mol. The first kappa shape index (κ1) is 17.8. The maximum atomic E-state index is 12.3. The molecule has 3 aromatic rings. The second kappa shape index (κ2) is 7.90. The summed E-state index contributed by atoms with van der Waals surface area (Å²) in [5.41, 5.74) is 14.4. The van der Waals surface area contributed by atoms with Gasteiger partial charge in [-0.15, -0.1) is 11.3 Å². The first-order chi connectivity index (χ1) is 12.6. The van der Waals surface area contributed by atoms with Gasteiger partial charge >= 0.3 is 0 Å². The van der Waals surface area contributed by atoms with Gasteiger partial charge in [-0.25, -0.2) is 4.98 Å². The van der Waals surface area contributed by atoms with Gasteiger partial charge in [0.05, 0.1) is 23.4 Å². The summed E-state index contributed by atoms with van der Waals surface area (Å²) in [5, 5.41) is 5.39. The summed E-state index contributed by atoms with van der Waals surface area (Å²) in [5.74, 6) is -0.849. The normalized spacial score (nSPS) is 10.5. The third kappa shape index (κ3) is 3.96. The van der Waals surface area contributed by atoms with Crippen molar-refractivity contribution in [3.8, 4) is 10.6 Å². The molecule has 0 aliphatic rings. The molecule has 0 saturated heterocycles. The summed E-state index contributed by atoms with van der Waals surface area (Å²) < 4.78 is 0. The minimum Gasteiger partial charge on any atom is -0.366 e. The van der Waals surface area contributed by atoms with E-state index in [9.17, 15) is 9.59 Å². The van der Waals surface area contributed by atoms with Gasteiger partial charge in [0.1, 0.15) is 5.01 Å². The quantitative estimate of drug-likeness (QED) is 0.622. The Morgan fingerprint density at radius 2 is 1.81 bits per heavy atom. The molecule has 0 radical (unpaired) electrons. The van der Waals surface area contributed by atoms with Gasteiger partial charge in [0.2, 0.25) is 5.91 Å². The number of carbonyl (C=O) groups excluding carboxylic acids is 2. The summed E-state index contributed by atoms with van der Waals surface area (Å²) in [6, 6.07) is 14.4. The van der Waals surface area contributed by atoms with Crippen LogP contribution in [0.15, 0.2) is 53.9 Å². The Bertz CT molecular complexity index is 952. The number of para-hydroxylation sites is 1. The van der Waals surface area contributed by atoms with Crippen molar-refractivity contribution in [2.45, 2.75) is 13.0 Å². The lowest BCUT2D eigenvalue weighted by molar-refractivity contribution is -0.115. The Kier molecular flexibility index (Phi) is 5.40. The Hall–Kier alpha value is -3.03. The third-order valence-corrected chi connectivity index (χ3v) is 4.75. The number of amides is 2. The van der Waals surface area contributed by atoms with E-state index in [1.54, 1.807) is 24.3 Å². The van der Waals surface area contributed by atoms with Crippen molar-refractivity contribution in [1.82, 2.24) is 4.98 Å². The molecule has 132 valence electrons. The number of thiazole rings is 1. The second-order valence-corrected chi connectivity index (χ2v) is 6.50. The van der Waals surface area contributed by atoms with E-state index in [4.69, 9.17) is 11.5 Å². The van der Waals surface area contributed by atoms with Crippen molar-refractivity contribution < 1.29 is 9.59 Å². The molecule has 2 aromatic carbocycles. The number of anilines is 1. The van der Waals surface area contributed by atoms with Crippen LogP contribution < -0.4 is 16.8 Å². The van der Waals surface area contributed by atoms with Crippen LogP contribution in [0.3, 0.4) is 0 Å². The molecule has 0 spiro atoms. The summed E-state index contributed by atoms with van der Waals surface area (Å²) in [7, 11) is 0. The zero-order chi connectivity index (χ0) is 18.5. The Morgan fingerprint density at radius 1 is 1.08 bits per heavy atom. The van der Waals surface area contributed by atoms with E-state index < -0.39 is 5.91 Å². The van der Waals surface area contributed by atoms with Crippen molar-refractivity contribution >= 4 is 28.8 Å². The van der Waals surface area contributed by atoms with Crippen molar-refractivity contribution in [1.29, 1.82) is 0 Å². The monoisotopic (exact) mass is 366 g/mol. The number of rotatable bonds is 6. The van der Waals surface area contributed by atoms with Crippen LogP contribution in [0.25, 0.3) is 10.6 Å². The fourth-order valence-corrected chi connectivity index (χ4v) is 3.46. The predicted octanol–water partition coefficient (Wildman–Crippen LogP) is 2.55. The lowest BCUT2D eigenvalue weighted by Gasteiger charge is -2.08. The highest BCUT2D eigenvalue weighted by Crippen LogP contribution is 2.27. The number of benzene rings is 2. The first-order valence-corrected chi connectivity index (χ1v) is 8.88. The molecular formula is C19H18N4O2S. The molecule has 2 amide bonds. The van der Waals surface area contributed by atoms with Gasteiger partial charge in [-0.3, -0.25) is 9.59 Å². The first-order valence-electron chi connectivity index (χ1n) is 8.00. The van der Waals surface area contributed by atoms with E-state index in [0.717, 1.165) is 16.1 Å². The van der Waals surface area contributed by atoms with Crippen LogP contribution >= 0.6 is 11.3 Å². The number of nitrogens with one attached hydrogen (secondary N) is 1. The Balaban J connectivity index is 1.74. The van der Waals surface area contributed by atoms with Crippen LogP contribution in [0.1, 0.15) is 21.6 Å². The molecule has 7 heteroatoms. The molecule has 3 rings (SSSR count). The van der Waals surface area contributed by atoms with E-state index in [0.29, 0.717) is 17.9 Å². The lowest BCUT2D eigenvalue weighted by Crippen LogP contribution is -2.19.